The van der Waals surface area contributed by atoms with Crippen LogP contribution in [0.2, 0.25) is 0 Å². The average Bonchev–Trinajstić information content (AvgIpc) is 2.47. The van der Waals surface area contributed by atoms with Gasteiger partial charge in [-0.2, -0.15) is 17.4 Å². The number of likely N-dealkylation sites (N-methyl/N-ethyl adjacent to an activating group) is 1. The van der Waals surface area contributed by atoms with Crippen molar-refractivity contribution in [2.75, 3.05) is 39.3 Å². The molecule has 118 valence electrons. The quantitative estimate of drug-likeness (QED) is 0.748. The van der Waals surface area contributed by atoms with Crippen LogP contribution in [0, 0.1) is 5.92 Å². The summed E-state index contributed by atoms with van der Waals surface area (Å²) >= 11 is 0. The van der Waals surface area contributed by atoms with E-state index < -0.39 is 10.2 Å². The Morgan fingerprint density at radius 1 is 1.20 bits per heavy atom. The van der Waals surface area contributed by atoms with E-state index in [1.54, 1.807) is 4.31 Å². The fraction of sp³-hybridized carbons (Fsp3) is 1.00. The highest BCUT2D eigenvalue weighted by molar-refractivity contribution is 7.87. The lowest BCUT2D eigenvalue weighted by molar-refractivity contribution is 0.207. The zero-order valence-corrected chi connectivity index (χ0v) is 13.2. The van der Waals surface area contributed by atoms with Gasteiger partial charge in [-0.3, -0.25) is 0 Å². The molecule has 0 aliphatic carbocycles. The van der Waals surface area contributed by atoms with Gasteiger partial charge >= 0.3 is 0 Å². The Morgan fingerprint density at radius 3 is 2.65 bits per heavy atom. The number of nitrogens with two attached hydrogens (primary N) is 1. The first-order valence-corrected chi connectivity index (χ1v) is 9.19. The molecule has 0 aromatic heterocycles. The molecule has 0 radical (unpaired) electrons. The van der Waals surface area contributed by atoms with Gasteiger partial charge in [0.1, 0.15) is 0 Å². The zero-order valence-electron chi connectivity index (χ0n) is 12.4. The molecule has 2 saturated heterocycles. The summed E-state index contributed by atoms with van der Waals surface area (Å²) < 4.78 is 29.4. The molecule has 0 saturated carbocycles. The van der Waals surface area contributed by atoms with Crippen LogP contribution in [0.25, 0.3) is 0 Å². The van der Waals surface area contributed by atoms with E-state index in [-0.39, 0.29) is 6.04 Å². The van der Waals surface area contributed by atoms with E-state index in [0.29, 0.717) is 25.6 Å². The zero-order chi connectivity index (χ0) is 14.6. The van der Waals surface area contributed by atoms with Gasteiger partial charge in [-0.25, -0.2) is 0 Å². The monoisotopic (exact) mass is 304 g/mol. The van der Waals surface area contributed by atoms with Gasteiger partial charge in [-0.05, 0) is 51.2 Å². The molecule has 2 atom stereocenters. The number of piperidine rings is 2. The highest BCUT2D eigenvalue weighted by Crippen LogP contribution is 2.19. The van der Waals surface area contributed by atoms with Crippen LogP contribution in [-0.4, -0.2) is 62.9 Å². The summed E-state index contributed by atoms with van der Waals surface area (Å²) in [5.74, 6) is 0.304. The highest BCUT2D eigenvalue weighted by atomic mass is 32.2. The Hall–Kier alpha value is -0.210. The summed E-state index contributed by atoms with van der Waals surface area (Å²) in [6, 6.07) is 0.0481. The van der Waals surface area contributed by atoms with E-state index in [9.17, 15) is 8.42 Å². The fourth-order valence-electron chi connectivity index (χ4n) is 3.16. The van der Waals surface area contributed by atoms with Crippen LogP contribution in [0.1, 0.15) is 32.6 Å². The molecule has 2 heterocycles. The van der Waals surface area contributed by atoms with Gasteiger partial charge < -0.3 is 10.6 Å². The third-order valence-corrected chi connectivity index (χ3v) is 6.07. The molecule has 20 heavy (non-hydrogen) atoms. The standard InChI is InChI=1S/C13H28N4O2S/c1-2-16-7-4-6-13(11-16)15-20(18,19)17-8-3-5-12(9-14)10-17/h12-13,15H,2-11,14H2,1H3. The summed E-state index contributed by atoms with van der Waals surface area (Å²) in [5.41, 5.74) is 5.68. The van der Waals surface area contributed by atoms with Gasteiger partial charge in [0.05, 0.1) is 0 Å². The van der Waals surface area contributed by atoms with Crippen molar-refractivity contribution in [3.05, 3.63) is 0 Å². The number of likely N-dealkylation sites (tertiary alicyclic amines) is 1. The minimum absolute atomic E-state index is 0.0481. The summed E-state index contributed by atoms with van der Waals surface area (Å²) in [4.78, 5) is 2.30. The van der Waals surface area contributed by atoms with Crippen molar-refractivity contribution in [3.63, 3.8) is 0 Å². The minimum atomic E-state index is -3.36. The predicted molar refractivity (Wildman–Crippen MR) is 80.5 cm³/mol. The molecule has 0 spiro atoms. The second-order valence-corrected chi connectivity index (χ2v) is 7.66. The first kappa shape index (κ1) is 16.2. The van der Waals surface area contributed by atoms with Crippen molar-refractivity contribution in [3.8, 4) is 0 Å². The van der Waals surface area contributed by atoms with E-state index >= 15 is 0 Å². The van der Waals surface area contributed by atoms with Crippen molar-refractivity contribution in [1.82, 2.24) is 13.9 Å². The lowest BCUT2D eigenvalue weighted by atomic mass is 10.0. The topological polar surface area (TPSA) is 78.7 Å². The Bertz CT molecular complexity index is 401. The first-order chi connectivity index (χ1) is 9.55. The van der Waals surface area contributed by atoms with Crippen LogP contribution in [0.3, 0.4) is 0 Å². The van der Waals surface area contributed by atoms with Crippen LogP contribution >= 0.6 is 0 Å². The summed E-state index contributed by atoms with van der Waals surface area (Å²) in [6.07, 6.45) is 3.94. The van der Waals surface area contributed by atoms with Crippen molar-refractivity contribution in [2.45, 2.75) is 38.6 Å². The van der Waals surface area contributed by atoms with Gasteiger partial charge in [0.2, 0.25) is 0 Å². The molecule has 0 aromatic rings. The first-order valence-electron chi connectivity index (χ1n) is 7.75. The van der Waals surface area contributed by atoms with E-state index in [2.05, 4.69) is 16.5 Å². The SMILES string of the molecule is CCN1CCCC(NS(=O)(=O)N2CCCC(CN)C2)C1. The molecule has 0 amide bonds. The fourth-order valence-corrected chi connectivity index (χ4v) is 4.70. The summed E-state index contributed by atoms with van der Waals surface area (Å²) in [5, 5.41) is 0. The molecule has 2 fully saturated rings. The molecular weight excluding hydrogens is 276 g/mol. The molecule has 3 N–H and O–H groups in total. The average molecular weight is 304 g/mol. The lowest BCUT2D eigenvalue weighted by Gasteiger charge is -2.35. The molecule has 2 aliphatic rings. The van der Waals surface area contributed by atoms with Crippen LogP contribution in [0.4, 0.5) is 0 Å². The highest BCUT2D eigenvalue weighted by Gasteiger charge is 2.31. The van der Waals surface area contributed by atoms with Gasteiger partial charge in [-0.15, -0.1) is 0 Å². The third-order valence-electron chi connectivity index (χ3n) is 4.42. The van der Waals surface area contributed by atoms with E-state index in [4.69, 9.17) is 5.73 Å². The Balaban J connectivity index is 1.92. The maximum absolute atomic E-state index is 12.5. The van der Waals surface area contributed by atoms with Gasteiger partial charge in [-0.1, -0.05) is 6.92 Å². The molecule has 2 unspecified atom stereocenters. The lowest BCUT2D eigenvalue weighted by Crippen LogP contribution is -2.53. The predicted octanol–water partition coefficient (Wildman–Crippen LogP) is -0.0242. The maximum Gasteiger partial charge on any atom is 0.279 e. The normalized spacial score (nSPS) is 30.5. The van der Waals surface area contributed by atoms with Crippen molar-refractivity contribution in [2.24, 2.45) is 11.7 Å². The number of rotatable bonds is 5. The van der Waals surface area contributed by atoms with Gasteiger partial charge in [0, 0.05) is 25.7 Å². The number of hydrogen-bond donors (Lipinski definition) is 2. The van der Waals surface area contributed by atoms with E-state index in [1.165, 1.54) is 0 Å². The van der Waals surface area contributed by atoms with Crippen molar-refractivity contribution >= 4 is 10.2 Å². The third kappa shape index (κ3) is 4.14. The van der Waals surface area contributed by atoms with E-state index in [0.717, 1.165) is 45.3 Å². The number of nitrogens with one attached hydrogen (secondary N) is 1. The van der Waals surface area contributed by atoms with E-state index in [1.807, 2.05) is 0 Å². The van der Waals surface area contributed by atoms with Gasteiger partial charge in [0.15, 0.2) is 0 Å². The number of nitrogens with zero attached hydrogens (tertiary/aromatic N) is 2. The second-order valence-electron chi connectivity index (χ2n) is 5.96. The molecule has 2 rings (SSSR count). The smallest absolute Gasteiger partial charge is 0.279 e. The molecule has 2 aliphatic heterocycles. The van der Waals surface area contributed by atoms with Gasteiger partial charge in [0.25, 0.3) is 10.2 Å². The second kappa shape index (κ2) is 7.17. The van der Waals surface area contributed by atoms with Crippen LogP contribution in [-0.2, 0) is 10.2 Å². The van der Waals surface area contributed by atoms with Crippen LogP contribution in [0.15, 0.2) is 0 Å². The van der Waals surface area contributed by atoms with Crippen molar-refractivity contribution in [1.29, 1.82) is 0 Å². The van der Waals surface area contributed by atoms with Crippen LogP contribution in [0.5, 0.6) is 0 Å². The molecule has 7 heteroatoms. The largest absolute Gasteiger partial charge is 0.330 e. The Morgan fingerprint density at radius 2 is 1.95 bits per heavy atom. The Labute approximate surface area is 122 Å². The number of hydrogen-bond acceptors (Lipinski definition) is 4. The minimum Gasteiger partial charge on any atom is -0.330 e. The Kier molecular flexibility index (Phi) is 5.80. The molecule has 0 aromatic carbocycles. The molecule has 0 bridgehead atoms. The van der Waals surface area contributed by atoms with Crippen molar-refractivity contribution < 1.29 is 8.42 Å². The molecular formula is C13H28N4O2S. The summed E-state index contributed by atoms with van der Waals surface area (Å²) in [7, 11) is -3.36. The summed E-state index contributed by atoms with van der Waals surface area (Å²) in [6.45, 7) is 6.76. The maximum atomic E-state index is 12.5. The molecule has 6 nitrogen and oxygen atoms in total. The van der Waals surface area contributed by atoms with Crippen LogP contribution < -0.4 is 10.5 Å².